The van der Waals surface area contributed by atoms with Gasteiger partial charge in [0, 0.05) is 12.6 Å². The summed E-state index contributed by atoms with van der Waals surface area (Å²) < 4.78 is 7.79. The van der Waals surface area contributed by atoms with Crippen LogP contribution in [-0.2, 0) is 17.9 Å². The van der Waals surface area contributed by atoms with Gasteiger partial charge in [-0.3, -0.25) is 4.79 Å². The van der Waals surface area contributed by atoms with Crippen molar-refractivity contribution in [1.82, 2.24) is 20.1 Å². The van der Waals surface area contributed by atoms with E-state index in [4.69, 9.17) is 4.74 Å². The van der Waals surface area contributed by atoms with Crippen LogP contribution < -0.4 is 10.1 Å². The quantitative estimate of drug-likeness (QED) is 0.705. The van der Waals surface area contributed by atoms with E-state index in [-0.39, 0.29) is 5.91 Å². The third-order valence-corrected chi connectivity index (χ3v) is 6.60. The summed E-state index contributed by atoms with van der Waals surface area (Å²) >= 11 is 1.45. The Morgan fingerprint density at radius 3 is 2.81 bits per heavy atom. The molecule has 3 atom stereocenters. The number of carbonyl (C=O) groups is 1. The number of hydrogen-bond acceptors (Lipinski definition) is 5. The Morgan fingerprint density at radius 2 is 2.11 bits per heavy atom. The van der Waals surface area contributed by atoms with Crippen molar-refractivity contribution in [3.05, 3.63) is 36.2 Å². The molecule has 0 aliphatic heterocycles. The largest absolute Gasteiger partial charge is 0.486 e. The second kappa shape index (κ2) is 8.33. The Kier molecular flexibility index (Phi) is 5.66. The summed E-state index contributed by atoms with van der Waals surface area (Å²) in [4.78, 5) is 12.4. The van der Waals surface area contributed by atoms with Gasteiger partial charge in [-0.25, -0.2) is 0 Å². The predicted octanol–water partition coefficient (Wildman–Crippen LogP) is 3.27. The number of hydrogen-bond donors (Lipinski definition) is 1. The van der Waals surface area contributed by atoms with E-state index >= 15 is 0 Å². The average molecular weight is 387 g/mol. The van der Waals surface area contributed by atoms with Gasteiger partial charge in [0.15, 0.2) is 11.0 Å². The molecule has 0 unspecified atom stereocenters. The normalized spacial score (nSPS) is 23.5. The standard InChI is InChI=1S/C20H26N4O2S/c1-2-24-18(12-26-16-6-4-3-5-7-16)22-23-20(24)27-13-19(25)21-17-11-14-8-9-15(17)10-14/h3-7,14-15,17H,2,8-13H2,1H3,(H,21,25)/t14-,15-,17+/m0/s1. The first-order chi connectivity index (χ1) is 13.2. The van der Waals surface area contributed by atoms with Gasteiger partial charge in [0.2, 0.25) is 5.91 Å². The van der Waals surface area contributed by atoms with E-state index in [1.807, 2.05) is 34.9 Å². The second-order valence-corrected chi connectivity index (χ2v) is 8.32. The van der Waals surface area contributed by atoms with E-state index in [2.05, 4.69) is 22.4 Å². The molecule has 2 aliphatic rings. The number of para-hydroxylation sites is 1. The zero-order chi connectivity index (χ0) is 18.6. The number of rotatable bonds is 8. The topological polar surface area (TPSA) is 69.0 Å². The summed E-state index contributed by atoms with van der Waals surface area (Å²) in [5.41, 5.74) is 0. The molecule has 144 valence electrons. The number of ether oxygens (including phenoxy) is 1. The Bertz CT molecular complexity index is 780. The Hall–Kier alpha value is -2.02. The number of fused-ring (bicyclic) bond motifs is 2. The number of benzene rings is 1. The van der Waals surface area contributed by atoms with Gasteiger partial charge in [-0.1, -0.05) is 36.4 Å². The van der Waals surface area contributed by atoms with E-state index in [1.54, 1.807) is 0 Å². The zero-order valence-electron chi connectivity index (χ0n) is 15.6. The lowest BCUT2D eigenvalue weighted by molar-refractivity contribution is -0.119. The van der Waals surface area contributed by atoms with Crippen molar-refractivity contribution in [3.63, 3.8) is 0 Å². The van der Waals surface area contributed by atoms with E-state index in [1.165, 1.54) is 31.0 Å². The maximum absolute atomic E-state index is 12.4. The van der Waals surface area contributed by atoms with Gasteiger partial charge < -0.3 is 14.6 Å². The van der Waals surface area contributed by atoms with Gasteiger partial charge in [0.05, 0.1) is 5.75 Å². The van der Waals surface area contributed by atoms with Crippen LogP contribution in [0.2, 0.25) is 0 Å². The van der Waals surface area contributed by atoms with Gasteiger partial charge in [-0.2, -0.15) is 0 Å². The molecule has 6 nitrogen and oxygen atoms in total. The Morgan fingerprint density at radius 1 is 1.26 bits per heavy atom. The summed E-state index contributed by atoms with van der Waals surface area (Å²) in [6.07, 6.45) is 5.08. The molecule has 7 heteroatoms. The zero-order valence-corrected chi connectivity index (χ0v) is 16.5. The minimum atomic E-state index is 0.102. The van der Waals surface area contributed by atoms with Crippen molar-refractivity contribution in [3.8, 4) is 5.75 Å². The van der Waals surface area contributed by atoms with Gasteiger partial charge in [-0.05, 0) is 50.2 Å². The summed E-state index contributed by atoms with van der Waals surface area (Å²) in [6, 6.07) is 10.1. The van der Waals surface area contributed by atoms with Gasteiger partial charge in [-0.15, -0.1) is 10.2 Å². The molecule has 2 saturated carbocycles. The summed E-state index contributed by atoms with van der Waals surface area (Å²) in [6.45, 7) is 3.16. The van der Waals surface area contributed by atoms with Crippen LogP contribution in [0.25, 0.3) is 0 Å². The van der Waals surface area contributed by atoms with E-state index < -0.39 is 0 Å². The molecule has 0 spiro atoms. The van der Waals surface area contributed by atoms with Gasteiger partial charge in [0.1, 0.15) is 12.4 Å². The van der Waals surface area contributed by atoms with Crippen LogP contribution in [0.3, 0.4) is 0 Å². The van der Waals surface area contributed by atoms with Crippen molar-refractivity contribution in [2.45, 2.75) is 57.0 Å². The first kappa shape index (κ1) is 18.3. The van der Waals surface area contributed by atoms with Crippen molar-refractivity contribution in [2.24, 2.45) is 11.8 Å². The third-order valence-electron chi connectivity index (χ3n) is 5.64. The fourth-order valence-electron chi connectivity index (χ4n) is 4.31. The summed E-state index contributed by atoms with van der Waals surface area (Å²) in [5.74, 6) is 3.60. The summed E-state index contributed by atoms with van der Waals surface area (Å²) in [7, 11) is 0. The average Bonchev–Trinajstić information content (AvgIpc) is 3.40. The lowest BCUT2D eigenvalue weighted by Crippen LogP contribution is -2.39. The molecule has 0 radical (unpaired) electrons. The molecule has 27 heavy (non-hydrogen) atoms. The maximum atomic E-state index is 12.4. The predicted molar refractivity (Wildman–Crippen MR) is 105 cm³/mol. The van der Waals surface area contributed by atoms with Crippen LogP contribution >= 0.6 is 11.8 Å². The molecule has 2 aliphatic carbocycles. The Labute approximate surface area is 164 Å². The highest BCUT2D eigenvalue weighted by Gasteiger charge is 2.40. The van der Waals surface area contributed by atoms with Crippen LogP contribution in [0.15, 0.2) is 35.5 Å². The SMILES string of the molecule is CCn1c(COc2ccccc2)nnc1SCC(=O)N[C@@H]1C[C@H]2CC[C@H]1C2. The van der Waals surface area contributed by atoms with Gasteiger partial charge in [0.25, 0.3) is 0 Å². The van der Waals surface area contributed by atoms with Crippen LogP contribution in [0.1, 0.15) is 38.4 Å². The number of amides is 1. The fraction of sp³-hybridized carbons (Fsp3) is 0.550. The van der Waals surface area contributed by atoms with Crippen molar-refractivity contribution in [2.75, 3.05) is 5.75 Å². The van der Waals surface area contributed by atoms with Crippen LogP contribution in [0.4, 0.5) is 0 Å². The van der Waals surface area contributed by atoms with Gasteiger partial charge >= 0.3 is 0 Å². The number of carbonyl (C=O) groups excluding carboxylic acids is 1. The van der Waals surface area contributed by atoms with Crippen LogP contribution in [-0.4, -0.2) is 32.5 Å². The van der Waals surface area contributed by atoms with Crippen molar-refractivity contribution < 1.29 is 9.53 Å². The highest BCUT2D eigenvalue weighted by atomic mass is 32.2. The molecule has 1 aromatic carbocycles. The van der Waals surface area contributed by atoms with Crippen molar-refractivity contribution in [1.29, 1.82) is 0 Å². The first-order valence-corrected chi connectivity index (χ1v) is 10.7. The lowest BCUT2D eigenvalue weighted by atomic mass is 9.95. The monoisotopic (exact) mass is 386 g/mol. The number of nitrogens with one attached hydrogen (secondary N) is 1. The summed E-state index contributed by atoms with van der Waals surface area (Å²) in [5, 5.41) is 12.5. The van der Waals surface area contributed by atoms with E-state index in [0.717, 1.165) is 35.6 Å². The lowest BCUT2D eigenvalue weighted by Gasteiger charge is -2.22. The molecule has 0 saturated heterocycles. The third kappa shape index (κ3) is 4.29. The highest BCUT2D eigenvalue weighted by molar-refractivity contribution is 7.99. The molecular weight excluding hydrogens is 360 g/mol. The van der Waals surface area contributed by atoms with E-state index in [0.29, 0.717) is 24.3 Å². The van der Waals surface area contributed by atoms with E-state index in [9.17, 15) is 4.79 Å². The molecule has 2 fully saturated rings. The molecule has 1 heterocycles. The molecule has 4 rings (SSSR count). The molecule has 1 amide bonds. The molecule has 1 N–H and O–H groups in total. The number of nitrogens with zero attached hydrogens (tertiary/aromatic N) is 3. The molecule has 2 aromatic rings. The minimum Gasteiger partial charge on any atom is -0.486 e. The smallest absolute Gasteiger partial charge is 0.230 e. The molecular formula is C20H26N4O2S. The first-order valence-electron chi connectivity index (χ1n) is 9.75. The van der Waals surface area contributed by atoms with Crippen molar-refractivity contribution >= 4 is 17.7 Å². The molecule has 2 bridgehead atoms. The number of thioether (sulfide) groups is 1. The highest BCUT2D eigenvalue weighted by Crippen LogP contribution is 2.44. The molecule has 1 aromatic heterocycles. The number of aromatic nitrogens is 3. The second-order valence-electron chi connectivity index (χ2n) is 7.38. The minimum absolute atomic E-state index is 0.102. The maximum Gasteiger partial charge on any atom is 0.230 e. The van der Waals surface area contributed by atoms with Crippen LogP contribution in [0.5, 0.6) is 5.75 Å². The fourth-order valence-corrected chi connectivity index (χ4v) is 5.15. The van der Waals surface area contributed by atoms with Crippen LogP contribution in [0, 0.1) is 11.8 Å². The Balaban J connectivity index is 1.29.